The summed E-state index contributed by atoms with van der Waals surface area (Å²) in [6.45, 7) is 4.27. The molecule has 1 nitrogen and oxygen atoms in total. The molecule has 19 heavy (non-hydrogen) atoms. The Kier molecular flexibility index (Phi) is 5.19. The van der Waals surface area contributed by atoms with Crippen LogP contribution in [0, 0.1) is 27.0 Å². The van der Waals surface area contributed by atoms with Gasteiger partial charge in [-0.2, -0.15) is 4.39 Å². The van der Waals surface area contributed by atoms with E-state index in [4.69, 9.17) is 4.74 Å². The van der Waals surface area contributed by atoms with E-state index in [0.717, 1.165) is 25.7 Å². The number of hydrogen-bond donors (Lipinski definition) is 0. The Bertz CT molecular complexity index is 454. The van der Waals surface area contributed by atoms with Crippen molar-refractivity contribution < 1.29 is 13.5 Å². The molecule has 1 aromatic rings. The number of hydrogen-bond acceptors (Lipinski definition) is 1. The molecule has 0 spiro atoms. The van der Waals surface area contributed by atoms with E-state index in [9.17, 15) is 8.78 Å². The summed E-state index contributed by atoms with van der Waals surface area (Å²) in [6, 6.07) is 3.03. The van der Waals surface area contributed by atoms with Gasteiger partial charge in [-0.3, -0.25) is 0 Å². The zero-order valence-electron chi connectivity index (χ0n) is 10.7. The van der Waals surface area contributed by atoms with Gasteiger partial charge in [-0.15, -0.1) is 6.58 Å². The maximum atomic E-state index is 13.6. The van der Waals surface area contributed by atoms with Crippen LogP contribution in [0.3, 0.4) is 0 Å². The minimum absolute atomic E-state index is 0.0174. The van der Waals surface area contributed by atoms with Crippen molar-refractivity contribution in [3.8, 4) is 5.75 Å². The molecule has 4 heteroatoms. The third-order valence-electron chi connectivity index (χ3n) is 3.70. The molecule has 0 amide bonds. The minimum atomic E-state index is -0.883. The molecule has 0 aliphatic heterocycles. The third-order valence-corrected chi connectivity index (χ3v) is 4.53. The van der Waals surface area contributed by atoms with Crippen LogP contribution in [0.4, 0.5) is 8.78 Å². The van der Waals surface area contributed by atoms with Crippen LogP contribution in [0.25, 0.3) is 0 Å². The summed E-state index contributed by atoms with van der Waals surface area (Å²) in [5.74, 6) is -0.662. The second-order valence-corrected chi connectivity index (χ2v) is 6.16. The SMILES string of the molecule is C=CC1CCC(COc2ccc(I)c(F)c2F)CC1. The van der Waals surface area contributed by atoms with Gasteiger partial charge in [-0.1, -0.05) is 6.08 Å². The van der Waals surface area contributed by atoms with Gasteiger partial charge in [-0.05, 0) is 72.2 Å². The number of ether oxygens (including phenoxy) is 1. The topological polar surface area (TPSA) is 9.23 Å². The van der Waals surface area contributed by atoms with E-state index < -0.39 is 11.6 Å². The van der Waals surface area contributed by atoms with E-state index >= 15 is 0 Å². The molecule has 0 aromatic heterocycles. The molecule has 104 valence electrons. The summed E-state index contributed by atoms with van der Waals surface area (Å²) in [5.41, 5.74) is 0. The van der Waals surface area contributed by atoms with Gasteiger partial charge in [0.25, 0.3) is 0 Å². The van der Waals surface area contributed by atoms with Crippen molar-refractivity contribution in [3.05, 3.63) is 40.0 Å². The highest BCUT2D eigenvalue weighted by Crippen LogP contribution is 2.30. The Morgan fingerprint density at radius 3 is 2.53 bits per heavy atom. The molecule has 2 rings (SSSR count). The fourth-order valence-corrected chi connectivity index (χ4v) is 2.83. The lowest BCUT2D eigenvalue weighted by Crippen LogP contribution is -2.19. The van der Waals surface area contributed by atoms with Crippen molar-refractivity contribution in [3.63, 3.8) is 0 Å². The number of halogens is 3. The van der Waals surface area contributed by atoms with Gasteiger partial charge < -0.3 is 4.74 Å². The summed E-state index contributed by atoms with van der Waals surface area (Å²) in [7, 11) is 0. The summed E-state index contributed by atoms with van der Waals surface area (Å²) in [6.07, 6.45) is 6.35. The molecule has 1 aliphatic rings. The van der Waals surface area contributed by atoms with Crippen molar-refractivity contribution in [2.75, 3.05) is 6.61 Å². The largest absolute Gasteiger partial charge is 0.490 e. The number of benzene rings is 1. The molecule has 0 unspecified atom stereocenters. The van der Waals surface area contributed by atoms with Gasteiger partial charge in [0.05, 0.1) is 10.2 Å². The monoisotopic (exact) mass is 378 g/mol. The van der Waals surface area contributed by atoms with Gasteiger partial charge in [0.1, 0.15) is 0 Å². The standard InChI is InChI=1S/C15H17F2IO/c1-2-10-3-5-11(6-4-10)9-19-13-8-7-12(18)14(16)15(13)17/h2,7-8,10-11H,1,3-6,9H2. The molecule has 0 heterocycles. The van der Waals surface area contributed by atoms with E-state index in [1.807, 2.05) is 6.08 Å². The first-order valence-electron chi connectivity index (χ1n) is 6.50. The molecule has 0 radical (unpaired) electrons. The Hall–Kier alpha value is -0.650. The number of allylic oxidation sites excluding steroid dienone is 1. The highest BCUT2D eigenvalue weighted by atomic mass is 127. The quantitative estimate of drug-likeness (QED) is 0.410. The second kappa shape index (κ2) is 6.68. The third kappa shape index (κ3) is 3.68. The lowest BCUT2D eigenvalue weighted by Gasteiger charge is -2.26. The summed E-state index contributed by atoms with van der Waals surface area (Å²) >= 11 is 1.76. The minimum Gasteiger partial charge on any atom is -0.490 e. The highest BCUT2D eigenvalue weighted by molar-refractivity contribution is 14.1. The lowest BCUT2D eigenvalue weighted by molar-refractivity contribution is 0.188. The molecular weight excluding hydrogens is 361 g/mol. The molecule has 1 fully saturated rings. The first-order valence-corrected chi connectivity index (χ1v) is 7.58. The predicted molar refractivity (Wildman–Crippen MR) is 80.2 cm³/mol. The van der Waals surface area contributed by atoms with Gasteiger partial charge in [0, 0.05) is 0 Å². The molecular formula is C15H17F2IO. The maximum absolute atomic E-state index is 13.6. The lowest BCUT2D eigenvalue weighted by atomic mass is 9.82. The maximum Gasteiger partial charge on any atom is 0.201 e. The Labute approximate surface area is 126 Å². The van der Waals surface area contributed by atoms with Crippen LogP contribution in [-0.4, -0.2) is 6.61 Å². The number of rotatable bonds is 4. The van der Waals surface area contributed by atoms with Gasteiger partial charge in [-0.25, -0.2) is 4.39 Å². The van der Waals surface area contributed by atoms with Crippen LogP contribution in [0.2, 0.25) is 0 Å². The molecule has 1 aromatic carbocycles. The first kappa shape index (κ1) is 14.8. The van der Waals surface area contributed by atoms with Crippen molar-refractivity contribution in [1.29, 1.82) is 0 Å². The van der Waals surface area contributed by atoms with Crippen LogP contribution in [-0.2, 0) is 0 Å². The summed E-state index contributed by atoms with van der Waals surface area (Å²) < 4.78 is 32.7. The van der Waals surface area contributed by atoms with E-state index in [2.05, 4.69) is 6.58 Å². The summed E-state index contributed by atoms with van der Waals surface area (Å²) in [4.78, 5) is 0. The summed E-state index contributed by atoms with van der Waals surface area (Å²) in [5, 5.41) is 0. The second-order valence-electron chi connectivity index (χ2n) is 5.00. The molecule has 0 saturated heterocycles. The van der Waals surface area contributed by atoms with Crippen LogP contribution in [0.5, 0.6) is 5.75 Å². The van der Waals surface area contributed by atoms with Crippen molar-refractivity contribution >= 4 is 22.6 Å². The molecule has 0 bridgehead atoms. The fourth-order valence-electron chi connectivity index (χ4n) is 2.42. The zero-order valence-corrected chi connectivity index (χ0v) is 12.8. The normalized spacial score (nSPS) is 23.1. The zero-order chi connectivity index (χ0) is 13.8. The molecule has 1 aliphatic carbocycles. The highest BCUT2D eigenvalue weighted by Gasteiger charge is 2.21. The van der Waals surface area contributed by atoms with E-state index in [0.29, 0.717) is 18.4 Å². The molecule has 1 saturated carbocycles. The van der Waals surface area contributed by atoms with Crippen molar-refractivity contribution in [1.82, 2.24) is 0 Å². The van der Waals surface area contributed by atoms with Gasteiger partial charge >= 0.3 is 0 Å². The van der Waals surface area contributed by atoms with Gasteiger partial charge in [0.2, 0.25) is 5.82 Å². The predicted octanol–water partition coefficient (Wildman–Crippen LogP) is 4.94. The first-order chi connectivity index (χ1) is 9.11. The Morgan fingerprint density at radius 2 is 1.89 bits per heavy atom. The van der Waals surface area contributed by atoms with Crippen LogP contribution in [0.1, 0.15) is 25.7 Å². The average Bonchev–Trinajstić information content (AvgIpc) is 2.45. The average molecular weight is 378 g/mol. The van der Waals surface area contributed by atoms with E-state index in [-0.39, 0.29) is 9.32 Å². The van der Waals surface area contributed by atoms with E-state index in [1.165, 1.54) is 12.1 Å². The smallest absolute Gasteiger partial charge is 0.201 e. The Morgan fingerprint density at radius 1 is 1.21 bits per heavy atom. The molecule has 0 N–H and O–H groups in total. The molecule has 0 atom stereocenters. The van der Waals surface area contributed by atoms with E-state index in [1.54, 1.807) is 22.6 Å². The van der Waals surface area contributed by atoms with Crippen molar-refractivity contribution in [2.45, 2.75) is 25.7 Å². The van der Waals surface area contributed by atoms with Gasteiger partial charge in [0.15, 0.2) is 11.6 Å². The van der Waals surface area contributed by atoms with Crippen LogP contribution in [0.15, 0.2) is 24.8 Å². The van der Waals surface area contributed by atoms with Crippen LogP contribution >= 0.6 is 22.6 Å². The Balaban J connectivity index is 1.89. The van der Waals surface area contributed by atoms with Crippen molar-refractivity contribution in [2.24, 2.45) is 11.8 Å². The van der Waals surface area contributed by atoms with Crippen LogP contribution < -0.4 is 4.74 Å². The fraction of sp³-hybridized carbons (Fsp3) is 0.467.